The van der Waals surface area contributed by atoms with E-state index in [9.17, 15) is 4.79 Å². The van der Waals surface area contributed by atoms with E-state index in [4.69, 9.17) is 5.73 Å². The summed E-state index contributed by atoms with van der Waals surface area (Å²) in [6.07, 6.45) is 7.99. The summed E-state index contributed by atoms with van der Waals surface area (Å²) in [5, 5.41) is 4.05. The normalized spacial score (nSPS) is 23.9. The van der Waals surface area contributed by atoms with E-state index in [1.807, 2.05) is 19.0 Å². The van der Waals surface area contributed by atoms with Crippen molar-refractivity contribution in [2.24, 2.45) is 18.7 Å². The first-order valence-electron chi connectivity index (χ1n) is 6.59. The zero-order valence-electron chi connectivity index (χ0n) is 11.2. The molecule has 18 heavy (non-hydrogen) atoms. The van der Waals surface area contributed by atoms with Crippen LogP contribution in [0.15, 0.2) is 12.4 Å². The third-order valence-electron chi connectivity index (χ3n) is 3.94. The van der Waals surface area contributed by atoms with Gasteiger partial charge >= 0.3 is 0 Å². The van der Waals surface area contributed by atoms with Gasteiger partial charge in [-0.1, -0.05) is 12.8 Å². The Balaban J connectivity index is 2.09. The quantitative estimate of drug-likeness (QED) is 0.870. The smallest absolute Gasteiger partial charge is 0.257 e. The van der Waals surface area contributed by atoms with E-state index in [0.717, 1.165) is 12.8 Å². The van der Waals surface area contributed by atoms with E-state index in [1.165, 1.54) is 12.8 Å². The molecule has 2 unspecified atom stereocenters. The number of hydrogen-bond donors (Lipinski definition) is 1. The molecule has 0 aliphatic heterocycles. The van der Waals surface area contributed by atoms with Gasteiger partial charge in [0.05, 0.1) is 11.8 Å². The monoisotopic (exact) mass is 250 g/mol. The van der Waals surface area contributed by atoms with Gasteiger partial charge in [-0.15, -0.1) is 0 Å². The highest BCUT2D eigenvalue weighted by Crippen LogP contribution is 2.27. The van der Waals surface area contributed by atoms with Crippen LogP contribution in [0.5, 0.6) is 0 Å². The summed E-state index contributed by atoms with van der Waals surface area (Å²) >= 11 is 0. The number of carbonyl (C=O) groups is 1. The Labute approximate surface area is 108 Å². The van der Waals surface area contributed by atoms with Gasteiger partial charge in [-0.25, -0.2) is 0 Å². The van der Waals surface area contributed by atoms with Gasteiger partial charge in [-0.2, -0.15) is 5.10 Å². The van der Waals surface area contributed by atoms with Gasteiger partial charge < -0.3 is 10.6 Å². The molecule has 0 saturated heterocycles. The van der Waals surface area contributed by atoms with Crippen LogP contribution in [0.2, 0.25) is 0 Å². The van der Waals surface area contributed by atoms with Crippen LogP contribution >= 0.6 is 0 Å². The minimum Gasteiger partial charge on any atom is -0.338 e. The first-order chi connectivity index (χ1) is 8.63. The second-order valence-electron chi connectivity index (χ2n) is 5.17. The summed E-state index contributed by atoms with van der Waals surface area (Å²) in [5.74, 6) is 0.484. The Morgan fingerprint density at radius 3 is 2.89 bits per heavy atom. The molecule has 1 amide bonds. The second kappa shape index (κ2) is 5.52. The van der Waals surface area contributed by atoms with Crippen LogP contribution in [0, 0.1) is 5.92 Å². The molecule has 2 rings (SSSR count). The van der Waals surface area contributed by atoms with E-state index in [1.54, 1.807) is 17.1 Å². The van der Waals surface area contributed by atoms with Crippen molar-refractivity contribution in [3.05, 3.63) is 18.0 Å². The number of amides is 1. The highest BCUT2D eigenvalue weighted by Gasteiger charge is 2.30. The van der Waals surface area contributed by atoms with Crippen LogP contribution in [0.1, 0.15) is 36.0 Å². The Kier molecular flexibility index (Phi) is 4.01. The lowest BCUT2D eigenvalue weighted by Gasteiger charge is -2.37. The van der Waals surface area contributed by atoms with E-state index < -0.39 is 0 Å². The standard InChI is InChI=1S/C13H22N4O/c1-16-9-11(8-15-16)13(18)17(2)12-6-4-3-5-10(12)7-14/h8-10,12H,3-7,14H2,1-2H3. The van der Waals surface area contributed by atoms with Crippen molar-refractivity contribution in [2.75, 3.05) is 13.6 Å². The number of aryl methyl sites for hydroxylation is 1. The number of rotatable bonds is 3. The first kappa shape index (κ1) is 13.1. The van der Waals surface area contributed by atoms with Gasteiger partial charge in [0.2, 0.25) is 0 Å². The molecule has 1 aromatic rings. The van der Waals surface area contributed by atoms with Crippen LogP contribution in [0.25, 0.3) is 0 Å². The van der Waals surface area contributed by atoms with Gasteiger partial charge in [0.25, 0.3) is 5.91 Å². The molecule has 0 radical (unpaired) electrons. The maximum Gasteiger partial charge on any atom is 0.257 e. The molecule has 1 aliphatic rings. The number of hydrogen-bond acceptors (Lipinski definition) is 3. The van der Waals surface area contributed by atoms with Gasteiger partial charge in [0, 0.05) is 26.3 Å². The molecular weight excluding hydrogens is 228 g/mol. The van der Waals surface area contributed by atoms with Crippen molar-refractivity contribution < 1.29 is 4.79 Å². The Hall–Kier alpha value is -1.36. The van der Waals surface area contributed by atoms with Crippen LogP contribution in [0.4, 0.5) is 0 Å². The lowest BCUT2D eigenvalue weighted by Crippen LogP contribution is -2.45. The van der Waals surface area contributed by atoms with Crippen molar-refractivity contribution in [3.63, 3.8) is 0 Å². The largest absolute Gasteiger partial charge is 0.338 e. The molecule has 100 valence electrons. The van der Waals surface area contributed by atoms with Crippen LogP contribution in [-0.2, 0) is 7.05 Å². The van der Waals surface area contributed by atoms with Gasteiger partial charge in [0.1, 0.15) is 0 Å². The van der Waals surface area contributed by atoms with E-state index in [2.05, 4.69) is 5.10 Å². The number of carbonyl (C=O) groups excluding carboxylic acids is 1. The minimum atomic E-state index is 0.0495. The summed E-state index contributed by atoms with van der Waals surface area (Å²) in [7, 11) is 3.70. The summed E-state index contributed by atoms with van der Waals surface area (Å²) in [4.78, 5) is 14.2. The van der Waals surface area contributed by atoms with Crippen molar-refractivity contribution in [2.45, 2.75) is 31.7 Å². The fourth-order valence-corrected chi connectivity index (χ4v) is 2.86. The molecule has 5 heteroatoms. The molecular formula is C13H22N4O. The summed E-state index contributed by atoms with van der Waals surface area (Å²) in [6.45, 7) is 0.662. The summed E-state index contributed by atoms with van der Waals surface area (Å²) in [5.41, 5.74) is 6.47. The highest BCUT2D eigenvalue weighted by atomic mass is 16.2. The number of nitrogens with two attached hydrogens (primary N) is 1. The van der Waals surface area contributed by atoms with E-state index >= 15 is 0 Å². The predicted molar refractivity (Wildman–Crippen MR) is 70.1 cm³/mol. The lowest BCUT2D eigenvalue weighted by atomic mass is 9.83. The maximum atomic E-state index is 12.4. The Morgan fingerprint density at radius 2 is 2.28 bits per heavy atom. The SMILES string of the molecule is CN(C(=O)c1cnn(C)c1)C1CCCCC1CN. The Morgan fingerprint density at radius 1 is 1.56 bits per heavy atom. The molecule has 0 spiro atoms. The van der Waals surface area contributed by atoms with Crippen molar-refractivity contribution in [1.82, 2.24) is 14.7 Å². The third kappa shape index (κ3) is 2.56. The van der Waals surface area contributed by atoms with Gasteiger partial charge in [-0.05, 0) is 25.3 Å². The van der Waals surface area contributed by atoms with E-state index in [-0.39, 0.29) is 11.9 Å². The second-order valence-corrected chi connectivity index (χ2v) is 5.17. The fraction of sp³-hybridized carbons (Fsp3) is 0.692. The number of aromatic nitrogens is 2. The molecule has 1 fully saturated rings. The lowest BCUT2D eigenvalue weighted by molar-refractivity contribution is 0.0620. The third-order valence-corrected chi connectivity index (χ3v) is 3.94. The summed E-state index contributed by atoms with van der Waals surface area (Å²) in [6, 6.07) is 0.274. The molecule has 1 heterocycles. The summed E-state index contributed by atoms with van der Waals surface area (Å²) < 4.78 is 1.66. The zero-order chi connectivity index (χ0) is 13.1. The molecule has 2 atom stereocenters. The van der Waals surface area contributed by atoms with Crippen molar-refractivity contribution in [1.29, 1.82) is 0 Å². The van der Waals surface area contributed by atoms with Crippen LogP contribution in [0.3, 0.4) is 0 Å². The van der Waals surface area contributed by atoms with Gasteiger partial charge in [0.15, 0.2) is 0 Å². The molecule has 1 saturated carbocycles. The van der Waals surface area contributed by atoms with Crippen LogP contribution in [-0.4, -0.2) is 40.2 Å². The van der Waals surface area contributed by atoms with Crippen molar-refractivity contribution >= 4 is 5.91 Å². The predicted octanol–water partition coefficient (Wildman–Crippen LogP) is 1.01. The first-order valence-corrected chi connectivity index (χ1v) is 6.59. The molecule has 1 aromatic heterocycles. The van der Waals surface area contributed by atoms with Crippen LogP contribution < -0.4 is 5.73 Å². The molecule has 5 nitrogen and oxygen atoms in total. The van der Waals surface area contributed by atoms with E-state index in [0.29, 0.717) is 18.0 Å². The molecule has 0 bridgehead atoms. The topological polar surface area (TPSA) is 64.2 Å². The average molecular weight is 250 g/mol. The fourth-order valence-electron chi connectivity index (χ4n) is 2.86. The minimum absolute atomic E-state index is 0.0495. The van der Waals surface area contributed by atoms with Gasteiger partial charge in [-0.3, -0.25) is 9.48 Å². The average Bonchev–Trinajstić information content (AvgIpc) is 2.83. The zero-order valence-corrected chi connectivity index (χ0v) is 11.2. The highest BCUT2D eigenvalue weighted by molar-refractivity contribution is 5.93. The van der Waals surface area contributed by atoms with Crippen molar-refractivity contribution in [3.8, 4) is 0 Å². The molecule has 2 N–H and O–H groups in total. The number of nitrogens with zero attached hydrogens (tertiary/aromatic N) is 3. The molecule has 0 aromatic carbocycles. The molecule has 1 aliphatic carbocycles. The Bertz CT molecular complexity index is 415. The maximum absolute atomic E-state index is 12.4.